The summed E-state index contributed by atoms with van der Waals surface area (Å²) in [6.45, 7) is 2.03. The Kier molecular flexibility index (Phi) is 5.99. The van der Waals surface area contributed by atoms with Crippen molar-refractivity contribution < 1.29 is 14.6 Å². The Morgan fingerprint density at radius 1 is 0.867 bits per heavy atom. The van der Waals surface area contributed by atoms with Crippen molar-refractivity contribution in [2.75, 3.05) is 0 Å². The molecule has 0 aliphatic carbocycles. The van der Waals surface area contributed by atoms with E-state index in [0.717, 1.165) is 16.7 Å². The van der Waals surface area contributed by atoms with E-state index in [-0.39, 0.29) is 17.6 Å². The Balaban J connectivity index is 1.79. The molecule has 0 spiro atoms. The van der Waals surface area contributed by atoms with Crippen molar-refractivity contribution in [2.24, 2.45) is 5.92 Å². The molecule has 0 fully saturated rings. The molecule has 0 saturated heterocycles. The molecule has 3 heteroatoms. The maximum atomic E-state index is 13.1. The van der Waals surface area contributed by atoms with Crippen molar-refractivity contribution in [3.8, 4) is 0 Å². The van der Waals surface area contributed by atoms with E-state index in [1.165, 1.54) is 0 Å². The molecule has 3 nitrogen and oxygen atoms in total. The van der Waals surface area contributed by atoms with E-state index in [0.29, 0.717) is 18.4 Å². The first-order valence-corrected chi connectivity index (χ1v) is 10.5. The summed E-state index contributed by atoms with van der Waals surface area (Å²) in [5, 5.41) is 11.4. The van der Waals surface area contributed by atoms with Crippen molar-refractivity contribution in [2.45, 2.75) is 31.8 Å². The second-order valence-electron chi connectivity index (χ2n) is 7.70. The fraction of sp³-hybridized carbons (Fsp3) is 0.222. The highest BCUT2D eigenvalue weighted by molar-refractivity contribution is 5.92. The lowest BCUT2D eigenvalue weighted by atomic mass is 9.79. The summed E-state index contributed by atoms with van der Waals surface area (Å²) in [6, 6.07) is 29.6. The van der Waals surface area contributed by atoms with E-state index in [1.54, 1.807) is 0 Å². The van der Waals surface area contributed by atoms with E-state index in [9.17, 15) is 9.90 Å². The maximum Gasteiger partial charge on any atom is 0.338 e. The van der Waals surface area contributed by atoms with Gasteiger partial charge in [-0.3, -0.25) is 0 Å². The predicted molar refractivity (Wildman–Crippen MR) is 118 cm³/mol. The predicted octanol–water partition coefficient (Wildman–Crippen LogP) is 6.15. The number of esters is 1. The third kappa shape index (κ3) is 4.02. The first-order chi connectivity index (χ1) is 14.7. The molecule has 0 radical (unpaired) electrons. The molecule has 0 saturated carbocycles. The minimum Gasteiger partial charge on any atom is -0.511 e. The molecule has 1 heterocycles. The summed E-state index contributed by atoms with van der Waals surface area (Å²) in [4.78, 5) is 13.1. The molecule has 152 valence electrons. The molecule has 3 atom stereocenters. The SMILES string of the molecule is CCC(C1=C(O)C(Cc2ccccc2)C(c2ccccc2)OC1=O)c1ccccc1. The zero-order valence-corrected chi connectivity index (χ0v) is 17.1. The Morgan fingerprint density at radius 3 is 2.03 bits per heavy atom. The van der Waals surface area contributed by atoms with Gasteiger partial charge in [-0.1, -0.05) is 97.9 Å². The van der Waals surface area contributed by atoms with E-state index >= 15 is 0 Å². The van der Waals surface area contributed by atoms with Gasteiger partial charge in [0.2, 0.25) is 0 Å². The van der Waals surface area contributed by atoms with Crippen molar-refractivity contribution in [3.05, 3.63) is 119 Å². The van der Waals surface area contributed by atoms with Gasteiger partial charge < -0.3 is 9.84 Å². The van der Waals surface area contributed by atoms with Crippen LogP contribution in [0.1, 0.15) is 42.1 Å². The van der Waals surface area contributed by atoms with Crippen LogP contribution >= 0.6 is 0 Å². The van der Waals surface area contributed by atoms with Gasteiger partial charge in [-0.05, 0) is 29.5 Å². The highest BCUT2D eigenvalue weighted by Gasteiger charge is 2.41. The molecule has 3 aromatic carbocycles. The van der Waals surface area contributed by atoms with E-state index < -0.39 is 12.1 Å². The Bertz CT molecular complexity index is 1010. The number of ether oxygens (including phenoxy) is 1. The van der Waals surface area contributed by atoms with Gasteiger partial charge >= 0.3 is 5.97 Å². The average molecular weight is 399 g/mol. The molecule has 1 aliphatic rings. The summed E-state index contributed by atoms with van der Waals surface area (Å²) in [5.74, 6) is -0.810. The summed E-state index contributed by atoms with van der Waals surface area (Å²) < 4.78 is 5.99. The normalized spacial score (nSPS) is 20.0. The topological polar surface area (TPSA) is 46.5 Å². The number of benzene rings is 3. The summed E-state index contributed by atoms with van der Waals surface area (Å²) in [5.41, 5.74) is 3.39. The monoisotopic (exact) mass is 398 g/mol. The fourth-order valence-corrected chi connectivity index (χ4v) is 4.34. The van der Waals surface area contributed by atoms with Crippen LogP contribution in [0.4, 0.5) is 0 Å². The lowest BCUT2D eigenvalue weighted by molar-refractivity contribution is -0.151. The zero-order chi connectivity index (χ0) is 20.9. The van der Waals surface area contributed by atoms with Gasteiger partial charge in [-0.2, -0.15) is 0 Å². The average Bonchev–Trinajstić information content (AvgIpc) is 2.80. The molecule has 0 bridgehead atoms. The van der Waals surface area contributed by atoms with Crippen LogP contribution in [0.3, 0.4) is 0 Å². The number of hydrogen-bond donors (Lipinski definition) is 1. The van der Waals surface area contributed by atoms with Gasteiger partial charge in [-0.15, -0.1) is 0 Å². The molecule has 1 N–H and O–H groups in total. The molecule has 4 rings (SSSR count). The van der Waals surface area contributed by atoms with Crippen molar-refractivity contribution in [3.63, 3.8) is 0 Å². The van der Waals surface area contributed by atoms with Gasteiger partial charge in [0.1, 0.15) is 11.9 Å². The lowest BCUT2D eigenvalue weighted by Gasteiger charge is -2.35. The third-order valence-corrected chi connectivity index (χ3v) is 5.83. The first-order valence-electron chi connectivity index (χ1n) is 10.5. The molecule has 1 aliphatic heterocycles. The number of carbonyl (C=O) groups excluding carboxylic acids is 1. The van der Waals surface area contributed by atoms with E-state index in [1.807, 2.05) is 97.9 Å². The van der Waals surface area contributed by atoms with Crippen LogP contribution in [-0.4, -0.2) is 11.1 Å². The Labute approximate surface area is 177 Å². The van der Waals surface area contributed by atoms with Gasteiger partial charge in [0.05, 0.1) is 11.5 Å². The van der Waals surface area contributed by atoms with Crippen LogP contribution in [0.2, 0.25) is 0 Å². The van der Waals surface area contributed by atoms with Gasteiger partial charge in [0.15, 0.2) is 0 Å². The fourth-order valence-electron chi connectivity index (χ4n) is 4.34. The summed E-state index contributed by atoms with van der Waals surface area (Å²) in [7, 11) is 0. The van der Waals surface area contributed by atoms with Crippen LogP contribution in [0.15, 0.2) is 102 Å². The van der Waals surface area contributed by atoms with Crippen molar-refractivity contribution >= 4 is 5.97 Å². The maximum absolute atomic E-state index is 13.1. The standard InChI is InChI=1S/C27H26O3/c1-2-22(20-14-8-4-9-15-20)24-25(28)23(18-19-12-6-3-7-13-19)26(30-27(24)29)21-16-10-5-11-17-21/h3-17,22-23,26,28H,2,18H2,1H3. The second kappa shape index (κ2) is 9.00. The second-order valence-corrected chi connectivity index (χ2v) is 7.70. The number of rotatable bonds is 6. The minimum absolute atomic E-state index is 0.152. The third-order valence-electron chi connectivity index (χ3n) is 5.83. The highest BCUT2D eigenvalue weighted by atomic mass is 16.5. The number of carbonyl (C=O) groups is 1. The molecular weight excluding hydrogens is 372 g/mol. The lowest BCUT2D eigenvalue weighted by Crippen LogP contribution is -2.33. The molecular formula is C27H26O3. The molecule has 3 aromatic rings. The van der Waals surface area contributed by atoms with Gasteiger partial charge in [0, 0.05) is 5.92 Å². The zero-order valence-electron chi connectivity index (χ0n) is 17.1. The van der Waals surface area contributed by atoms with Crippen molar-refractivity contribution in [1.29, 1.82) is 0 Å². The minimum atomic E-state index is -0.518. The molecule has 30 heavy (non-hydrogen) atoms. The van der Waals surface area contributed by atoms with Crippen molar-refractivity contribution in [1.82, 2.24) is 0 Å². The highest BCUT2D eigenvalue weighted by Crippen LogP contribution is 2.43. The largest absolute Gasteiger partial charge is 0.511 e. The van der Waals surface area contributed by atoms with Crippen LogP contribution in [-0.2, 0) is 16.0 Å². The summed E-state index contributed by atoms with van der Waals surface area (Å²) >= 11 is 0. The molecule has 0 aromatic heterocycles. The van der Waals surface area contributed by atoms with Crippen LogP contribution in [0.25, 0.3) is 0 Å². The number of aliphatic hydroxyl groups is 1. The number of hydrogen-bond acceptors (Lipinski definition) is 3. The smallest absolute Gasteiger partial charge is 0.338 e. The van der Waals surface area contributed by atoms with Crippen LogP contribution < -0.4 is 0 Å². The molecule has 3 unspecified atom stereocenters. The van der Waals surface area contributed by atoms with E-state index in [4.69, 9.17) is 4.74 Å². The van der Waals surface area contributed by atoms with Crippen LogP contribution in [0.5, 0.6) is 0 Å². The first kappa shape index (κ1) is 20.0. The van der Waals surface area contributed by atoms with Crippen LogP contribution in [0, 0.1) is 5.92 Å². The number of cyclic esters (lactones) is 1. The van der Waals surface area contributed by atoms with E-state index in [2.05, 4.69) is 0 Å². The summed E-state index contributed by atoms with van der Waals surface area (Å²) in [6.07, 6.45) is 0.775. The Hall–Kier alpha value is -3.33. The number of aliphatic hydroxyl groups excluding tert-OH is 1. The van der Waals surface area contributed by atoms with Gasteiger partial charge in [0.25, 0.3) is 0 Å². The molecule has 0 amide bonds. The Morgan fingerprint density at radius 2 is 1.43 bits per heavy atom. The van der Waals surface area contributed by atoms with Gasteiger partial charge in [-0.25, -0.2) is 4.79 Å². The quantitative estimate of drug-likeness (QED) is 0.507.